The van der Waals surface area contributed by atoms with Crippen LogP contribution in [0, 0.1) is 13.8 Å². The highest BCUT2D eigenvalue weighted by Crippen LogP contribution is 2.43. The Balaban J connectivity index is 1.25. The van der Waals surface area contributed by atoms with Crippen LogP contribution in [0.5, 0.6) is 0 Å². The highest BCUT2D eigenvalue weighted by atomic mass is 32.2. The number of nitrogens with zero attached hydrogens (tertiary/aromatic N) is 2. The summed E-state index contributed by atoms with van der Waals surface area (Å²) in [4.78, 5) is 31.9. The summed E-state index contributed by atoms with van der Waals surface area (Å²) in [7, 11) is 0. The number of fused-ring (bicyclic) bond motifs is 1. The highest BCUT2D eigenvalue weighted by Gasteiger charge is 2.40. The van der Waals surface area contributed by atoms with E-state index in [4.69, 9.17) is 0 Å². The van der Waals surface area contributed by atoms with Gasteiger partial charge in [-0.05, 0) is 87.5 Å². The zero-order chi connectivity index (χ0) is 27.2. The average molecular weight is 546 g/mol. The van der Waals surface area contributed by atoms with Gasteiger partial charge in [-0.3, -0.25) is 9.59 Å². The summed E-state index contributed by atoms with van der Waals surface area (Å²) in [6.07, 6.45) is 11.8. The quantitative estimate of drug-likeness (QED) is 0.413. The molecule has 0 bridgehead atoms. The molecular weight excluding hydrogens is 502 g/mol. The van der Waals surface area contributed by atoms with E-state index in [1.165, 1.54) is 55.2 Å². The van der Waals surface area contributed by atoms with Gasteiger partial charge in [0.15, 0.2) is 0 Å². The van der Waals surface area contributed by atoms with E-state index in [2.05, 4.69) is 47.2 Å². The van der Waals surface area contributed by atoms with E-state index >= 15 is 0 Å². The molecule has 2 heterocycles. The van der Waals surface area contributed by atoms with Crippen LogP contribution in [0.2, 0.25) is 0 Å². The topological polar surface area (TPSA) is 52.7 Å². The minimum absolute atomic E-state index is 0.0307. The van der Waals surface area contributed by atoms with Crippen molar-refractivity contribution in [2.45, 2.75) is 83.1 Å². The number of nitrogens with one attached hydrogen (secondary N) is 1. The Morgan fingerprint density at radius 1 is 0.974 bits per heavy atom. The molecule has 0 spiro atoms. The maximum Gasteiger partial charge on any atom is 0.260 e. The third-order valence-corrected chi connectivity index (χ3v) is 9.95. The lowest BCUT2D eigenvalue weighted by atomic mass is 9.92. The molecule has 2 saturated heterocycles. The lowest BCUT2D eigenvalue weighted by molar-refractivity contribution is -0.130. The van der Waals surface area contributed by atoms with Gasteiger partial charge in [0, 0.05) is 36.5 Å². The molecule has 5 rings (SSSR count). The Morgan fingerprint density at radius 2 is 1.72 bits per heavy atom. The molecule has 3 fully saturated rings. The van der Waals surface area contributed by atoms with E-state index < -0.39 is 0 Å². The van der Waals surface area contributed by atoms with Crippen molar-refractivity contribution in [1.29, 1.82) is 0 Å². The first kappa shape index (κ1) is 28.0. The average Bonchev–Trinajstić information content (AvgIpc) is 3.22. The van der Waals surface area contributed by atoms with Crippen molar-refractivity contribution < 1.29 is 9.59 Å². The summed E-state index contributed by atoms with van der Waals surface area (Å²) < 4.78 is 0. The summed E-state index contributed by atoms with van der Waals surface area (Å²) in [5, 5.41) is 3.53. The number of hydrogen-bond acceptors (Lipinski definition) is 4. The number of rotatable bonds is 7. The molecule has 208 valence electrons. The van der Waals surface area contributed by atoms with Crippen LogP contribution in [-0.2, 0) is 11.3 Å². The molecule has 1 saturated carbocycles. The predicted octanol–water partition coefficient (Wildman–Crippen LogP) is 6.34. The number of thioether (sulfide) groups is 1. The van der Waals surface area contributed by atoms with E-state index in [1.807, 2.05) is 30.3 Å². The fraction of sp³-hybridized carbons (Fsp3) is 0.515. The van der Waals surface area contributed by atoms with E-state index in [1.54, 1.807) is 11.8 Å². The van der Waals surface area contributed by atoms with Crippen molar-refractivity contribution in [3.05, 3.63) is 75.2 Å². The van der Waals surface area contributed by atoms with Crippen molar-refractivity contribution in [2.75, 3.05) is 26.2 Å². The lowest BCUT2D eigenvalue weighted by Gasteiger charge is -2.44. The third kappa shape index (κ3) is 7.15. The van der Waals surface area contributed by atoms with Gasteiger partial charge in [0.2, 0.25) is 0 Å². The standard InChI is InChI=1S/C33H43N3O2S/c1-24-11-12-25(2)28(21-24)23-36-29-9-5-6-10-30(29)39-31(33(36)38)22-26-13-15-27(16-14-26)32(37)34-17-20-35-18-7-3-4-8-19-35/h11-16,21-22,29-30H,3-10,17-20,23H2,1-2H3,(H,34,37)/b31-22-. The Morgan fingerprint density at radius 3 is 2.49 bits per heavy atom. The Labute approximate surface area is 238 Å². The SMILES string of the molecule is Cc1ccc(C)c(CN2C(=O)/C(=C/c3ccc(C(=O)NCCN4CCCCCC4)cc3)SC3CCCCC32)c1. The van der Waals surface area contributed by atoms with E-state index in [-0.39, 0.29) is 11.8 Å². The van der Waals surface area contributed by atoms with Gasteiger partial charge in [-0.1, -0.05) is 61.6 Å². The fourth-order valence-electron chi connectivity index (χ4n) is 6.19. The molecule has 2 aromatic rings. The minimum atomic E-state index is -0.0307. The lowest BCUT2D eigenvalue weighted by Crippen LogP contribution is -2.50. The molecule has 1 N–H and O–H groups in total. The number of carbonyl (C=O) groups excluding carboxylic acids is 2. The summed E-state index contributed by atoms with van der Waals surface area (Å²) in [5.41, 5.74) is 5.35. The van der Waals surface area contributed by atoms with Gasteiger partial charge in [-0.15, -0.1) is 11.8 Å². The van der Waals surface area contributed by atoms with Crippen LogP contribution < -0.4 is 5.32 Å². The maximum atomic E-state index is 13.8. The summed E-state index contributed by atoms with van der Waals surface area (Å²) in [6, 6.07) is 14.5. The number of carbonyl (C=O) groups is 2. The second-order valence-electron chi connectivity index (χ2n) is 11.5. The molecular formula is C33H43N3O2S. The van der Waals surface area contributed by atoms with Crippen LogP contribution in [-0.4, -0.2) is 59.1 Å². The largest absolute Gasteiger partial charge is 0.351 e. The molecule has 0 aromatic heterocycles. The summed E-state index contributed by atoms with van der Waals surface area (Å²) >= 11 is 1.76. The highest BCUT2D eigenvalue weighted by molar-refractivity contribution is 8.04. The van der Waals surface area contributed by atoms with Gasteiger partial charge in [-0.25, -0.2) is 0 Å². The van der Waals surface area contributed by atoms with Gasteiger partial charge in [-0.2, -0.15) is 0 Å². The third-order valence-electron chi connectivity index (χ3n) is 8.55. The Hall–Kier alpha value is -2.57. The molecule has 6 heteroatoms. The zero-order valence-corrected chi connectivity index (χ0v) is 24.4. The number of likely N-dealkylation sites (tertiary alicyclic amines) is 1. The Kier molecular flexibility index (Phi) is 9.46. The first-order chi connectivity index (χ1) is 19.0. The second kappa shape index (κ2) is 13.2. The normalized spacial score (nSPS) is 23.4. The molecule has 2 aliphatic heterocycles. The minimum Gasteiger partial charge on any atom is -0.351 e. The number of amides is 2. The molecule has 0 radical (unpaired) electrons. The van der Waals surface area contributed by atoms with Crippen LogP contribution in [0.1, 0.15) is 84.0 Å². The first-order valence-electron chi connectivity index (χ1n) is 14.8. The van der Waals surface area contributed by atoms with Crippen LogP contribution >= 0.6 is 11.8 Å². The van der Waals surface area contributed by atoms with Crippen molar-refractivity contribution >= 4 is 29.7 Å². The molecule has 5 nitrogen and oxygen atoms in total. The molecule has 2 atom stereocenters. The number of benzene rings is 2. The van der Waals surface area contributed by atoms with Crippen molar-refractivity contribution in [1.82, 2.24) is 15.1 Å². The van der Waals surface area contributed by atoms with Gasteiger partial charge in [0.25, 0.3) is 11.8 Å². The van der Waals surface area contributed by atoms with Crippen LogP contribution in [0.25, 0.3) is 6.08 Å². The molecule has 2 aromatic carbocycles. The first-order valence-corrected chi connectivity index (χ1v) is 15.7. The van der Waals surface area contributed by atoms with Gasteiger partial charge < -0.3 is 15.1 Å². The van der Waals surface area contributed by atoms with Gasteiger partial charge >= 0.3 is 0 Å². The number of aryl methyl sites for hydroxylation is 2. The van der Waals surface area contributed by atoms with E-state index in [0.29, 0.717) is 29.9 Å². The van der Waals surface area contributed by atoms with Gasteiger partial charge in [0.05, 0.1) is 4.91 Å². The van der Waals surface area contributed by atoms with Crippen molar-refractivity contribution in [3.8, 4) is 0 Å². The van der Waals surface area contributed by atoms with Gasteiger partial charge in [0.1, 0.15) is 0 Å². The second-order valence-corrected chi connectivity index (χ2v) is 12.8. The van der Waals surface area contributed by atoms with E-state index in [0.717, 1.165) is 42.9 Å². The molecule has 3 aliphatic rings. The van der Waals surface area contributed by atoms with Crippen molar-refractivity contribution in [3.63, 3.8) is 0 Å². The molecule has 2 unspecified atom stereocenters. The smallest absolute Gasteiger partial charge is 0.260 e. The predicted molar refractivity (Wildman–Crippen MR) is 162 cm³/mol. The number of hydrogen-bond donors (Lipinski definition) is 1. The van der Waals surface area contributed by atoms with Crippen LogP contribution in [0.15, 0.2) is 47.4 Å². The van der Waals surface area contributed by atoms with E-state index in [9.17, 15) is 9.59 Å². The molecule has 1 aliphatic carbocycles. The van der Waals surface area contributed by atoms with Crippen molar-refractivity contribution in [2.24, 2.45) is 0 Å². The Bertz CT molecular complexity index is 1180. The summed E-state index contributed by atoms with van der Waals surface area (Å²) in [5.74, 6) is 0.108. The molecule has 39 heavy (non-hydrogen) atoms. The monoisotopic (exact) mass is 545 g/mol. The molecule has 2 amide bonds. The zero-order valence-electron chi connectivity index (χ0n) is 23.6. The fourth-order valence-corrected chi connectivity index (χ4v) is 7.66. The van der Waals surface area contributed by atoms with Crippen LogP contribution in [0.3, 0.4) is 0 Å². The summed E-state index contributed by atoms with van der Waals surface area (Å²) in [6.45, 7) is 8.79. The van der Waals surface area contributed by atoms with Crippen LogP contribution in [0.4, 0.5) is 0 Å². The maximum absolute atomic E-state index is 13.8.